The smallest absolute Gasteiger partial charge is 0.412 e. The van der Waals surface area contributed by atoms with Crippen LogP contribution in [0.3, 0.4) is 0 Å². The highest BCUT2D eigenvalue weighted by atomic mass is 16.8. The van der Waals surface area contributed by atoms with Crippen molar-refractivity contribution in [2.45, 2.75) is 75.3 Å². The highest BCUT2D eigenvalue weighted by Crippen LogP contribution is 2.63. The molecule has 1 saturated heterocycles. The Balaban J connectivity index is 1.04. The summed E-state index contributed by atoms with van der Waals surface area (Å²) in [6.07, 6.45) is 10.0. The molecule has 1 heterocycles. The summed E-state index contributed by atoms with van der Waals surface area (Å²) in [4.78, 5) is 13.4. The van der Waals surface area contributed by atoms with Gasteiger partial charge in [-0.25, -0.2) is 10.6 Å². The highest BCUT2D eigenvalue weighted by Gasteiger charge is 2.65. The van der Waals surface area contributed by atoms with Crippen molar-refractivity contribution in [3.63, 3.8) is 0 Å². The molecule has 2 aromatic carbocycles. The zero-order valence-electron chi connectivity index (χ0n) is 28.3. The van der Waals surface area contributed by atoms with E-state index in [0.29, 0.717) is 70.5 Å². The molecule has 260 valence electrons. The van der Waals surface area contributed by atoms with E-state index in [4.69, 9.17) is 44.7 Å². The Kier molecular flexibility index (Phi) is 8.76. The maximum absolute atomic E-state index is 13.4. The van der Waals surface area contributed by atoms with Crippen molar-refractivity contribution in [1.82, 2.24) is 0 Å². The van der Waals surface area contributed by atoms with E-state index in [1.165, 1.54) is 64.6 Å². The Bertz CT molecular complexity index is 1510. The van der Waals surface area contributed by atoms with Gasteiger partial charge in [0.1, 0.15) is 11.9 Å². The summed E-state index contributed by atoms with van der Waals surface area (Å²) in [5.41, 5.74) is 7.71. The molecule has 8 rings (SSSR count). The minimum Gasteiger partial charge on any atom is -0.495 e. The first-order chi connectivity index (χ1) is 23.2. The Labute approximate surface area is 281 Å². The van der Waals surface area contributed by atoms with Gasteiger partial charge in [-0.15, -0.1) is 0 Å². The number of benzene rings is 2. The van der Waals surface area contributed by atoms with E-state index in [1.54, 1.807) is 37.4 Å². The standard InChI is InChI=1S/C36H48N4O8/c1-42-30-8-7-23(29(19-37)40(38)26-16-31(43-2)33(45-4)32(17-26)44-3)15-28(30)39-34(41)47-27-6-5-9-35(18-27)20-46-36(48-35)24-11-21-10-22(13-24)14-25(36)12-21/h7-8,15-17,19,21-22,24-25,27H,5-6,9-14,18,20,37-38H2,1-4H3,(H,39,41)/b29-19-. The Morgan fingerprint density at radius 2 is 1.60 bits per heavy atom. The van der Waals surface area contributed by atoms with Crippen LogP contribution in [0.25, 0.3) is 5.70 Å². The summed E-state index contributed by atoms with van der Waals surface area (Å²) in [6, 6.07) is 8.70. The molecule has 1 amide bonds. The van der Waals surface area contributed by atoms with E-state index in [0.717, 1.165) is 31.1 Å². The van der Waals surface area contributed by atoms with Gasteiger partial charge in [-0.05, 0) is 81.4 Å². The molecule has 2 spiro atoms. The molecule has 0 aromatic heterocycles. The first-order valence-electron chi connectivity index (χ1n) is 17.0. The van der Waals surface area contributed by atoms with Crippen molar-refractivity contribution in [3.05, 3.63) is 42.1 Å². The second-order valence-electron chi connectivity index (χ2n) is 14.1. The second kappa shape index (κ2) is 12.9. The predicted molar refractivity (Wildman–Crippen MR) is 180 cm³/mol. The van der Waals surface area contributed by atoms with Gasteiger partial charge in [-0.3, -0.25) is 10.3 Å². The number of hydrogen-bond donors (Lipinski definition) is 3. The SMILES string of the molecule is COc1ccc(/C(=C/N)N(N)c2cc(OC)c(OC)c(OC)c2)cc1NC(=O)OC1CCCC2(COC3(O2)C2CC4CC(C2)CC3C4)C1. The van der Waals surface area contributed by atoms with E-state index in [9.17, 15) is 4.79 Å². The van der Waals surface area contributed by atoms with Crippen LogP contribution in [0.2, 0.25) is 0 Å². The van der Waals surface area contributed by atoms with Gasteiger partial charge in [0.2, 0.25) is 5.75 Å². The number of carbonyl (C=O) groups is 1. The number of amides is 1. The zero-order chi connectivity index (χ0) is 33.6. The van der Waals surface area contributed by atoms with E-state index >= 15 is 0 Å². The summed E-state index contributed by atoms with van der Waals surface area (Å²) in [5.74, 6) is 10.6. The number of ether oxygens (including phenoxy) is 7. The lowest BCUT2D eigenvalue weighted by atomic mass is 9.53. The minimum atomic E-state index is -0.566. The van der Waals surface area contributed by atoms with Crippen LogP contribution >= 0.6 is 0 Å². The van der Waals surface area contributed by atoms with Crippen LogP contribution in [0.5, 0.6) is 23.0 Å². The average Bonchev–Trinajstić information content (AvgIpc) is 3.45. The molecule has 2 unspecified atom stereocenters. The van der Waals surface area contributed by atoms with Gasteiger partial charge in [0.15, 0.2) is 17.3 Å². The van der Waals surface area contributed by atoms with Gasteiger partial charge in [-0.1, -0.05) is 0 Å². The molecule has 2 atom stereocenters. The molecular weight excluding hydrogens is 616 g/mol. The molecule has 2 aromatic rings. The van der Waals surface area contributed by atoms with Crippen molar-refractivity contribution in [2.24, 2.45) is 35.2 Å². The molecule has 48 heavy (non-hydrogen) atoms. The maximum Gasteiger partial charge on any atom is 0.412 e. The number of methoxy groups -OCH3 is 4. The number of carbonyl (C=O) groups excluding carboxylic acids is 1. The number of hydrogen-bond acceptors (Lipinski definition) is 11. The molecule has 1 aliphatic heterocycles. The quantitative estimate of drug-likeness (QED) is 0.221. The molecule has 5 aliphatic carbocycles. The molecular formula is C36H48N4O8. The van der Waals surface area contributed by atoms with Crippen LogP contribution in [0.15, 0.2) is 36.5 Å². The fraction of sp³-hybridized carbons (Fsp3) is 0.583. The van der Waals surface area contributed by atoms with Crippen LogP contribution in [0, 0.1) is 23.7 Å². The van der Waals surface area contributed by atoms with E-state index in [2.05, 4.69) is 5.32 Å². The number of rotatable bonds is 9. The van der Waals surface area contributed by atoms with E-state index in [1.807, 2.05) is 0 Å². The van der Waals surface area contributed by atoms with Crippen molar-refractivity contribution in [1.29, 1.82) is 0 Å². The predicted octanol–water partition coefficient (Wildman–Crippen LogP) is 5.79. The summed E-state index contributed by atoms with van der Waals surface area (Å²) in [5, 5.41) is 4.29. The Morgan fingerprint density at radius 3 is 2.21 bits per heavy atom. The van der Waals surface area contributed by atoms with Gasteiger partial charge in [0, 0.05) is 42.2 Å². The summed E-state index contributed by atoms with van der Waals surface area (Å²) in [6.45, 7) is 0.572. The van der Waals surface area contributed by atoms with Crippen LogP contribution in [0.4, 0.5) is 16.2 Å². The van der Waals surface area contributed by atoms with Crippen LogP contribution in [-0.2, 0) is 14.2 Å². The van der Waals surface area contributed by atoms with Crippen molar-refractivity contribution >= 4 is 23.2 Å². The third kappa shape index (κ3) is 5.67. The highest BCUT2D eigenvalue weighted by molar-refractivity contribution is 5.89. The maximum atomic E-state index is 13.4. The van der Waals surface area contributed by atoms with Gasteiger partial charge >= 0.3 is 6.09 Å². The first-order valence-corrected chi connectivity index (χ1v) is 17.0. The lowest BCUT2D eigenvalue weighted by Gasteiger charge is -2.58. The minimum absolute atomic E-state index is 0.289. The fourth-order valence-electron chi connectivity index (χ4n) is 9.40. The lowest BCUT2D eigenvalue weighted by Crippen LogP contribution is -2.59. The molecule has 5 N–H and O–H groups in total. The van der Waals surface area contributed by atoms with Crippen molar-refractivity contribution in [2.75, 3.05) is 45.4 Å². The van der Waals surface area contributed by atoms with Crippen LogP contribution in [-0.4, -0.2) is 58.6 Å². The molecule has 6 aliphatic rings. The zero-order valence-corrected chi connectivity index (χ0v) is 28.3. The fourth-order valence-corrected chi connectivity index (χ4v) is 9.40. The van der Waals surface area contributed by atoms with Crippen LogP contribution in [0.1, 0.15) is 63.4 Å². The summed E-state index contributed by atoms with van der Waals surface area (Å²) >= 11 is 0. The summed E-state index contributed by atoms with van der Waals surface area (Å²) in [7, 11) is 6.13. The Morgan fingerprint density at radius 1 is 0.938 bits per heavy atom. The van der Waals surface area contributed by atoms with E-state index < -0.39 is 17.5 Å². The number of nitrogens with zero attached hydrogens (tertiary/aromatic N) is 1. The number of nitrogens with one attached hydrogen (secondary N) is 1. The normalized spacial score (nSPS) is 31.9. The average molecular weight is 665 g/mol. The molecule has 5 saturated carbocycles. The third-order valence-corrected chi connectivity index (χ3v) is 11.3. The second-order valence-corrected chi connectivity index (χ2v) is 14.1. The number of hydrazine groups is 1. The van der Waals surface area contributed by atoms with Gasteiger partial charge in [0.25, 0.3) is 0 Å². The first kappa shape index (κ1) is 32.7. The lowest BCUT2D eigenvalue weighted by molar-refractivity contribution is -0.307. The molecule has 12 heteroatoms. The Hall–Kier alpha value is -3.87. The number of anilines is 2. The van der Waals surface area contributed by atoms with E-state index in [-0.39, 0.29) is 6.10 Å². The van der Waals surface area contributed by atoms with Gasteiger partial charge in [-0.2, -0.15) is 0 Å². The molecule has 6 fully saturated rings. The molecule has 12 nitrogen and oxygen atoms in total. The third-order valence-electron chi connectivity index (χ3n) is 11.3. The van der Waals surface area contributed by atoms with Crippen molar-refractivity contribution < 1.29 is 38.0 Å². The largest absolute Gasteiger partial charge is 0.495 e. The monoisotopic (exact) mass is 664 g/mol. The summed E-state index contributed by atoms with van der Waals surface area (Å²) < 4.78 is 41.8. The molecule has 0 radical (unpaired) electrons. The van der Waals surface area contributed by atoms with Crippen LogP contribution < -0.4 is 40.8 Å². The number of nitrogens with two attached hydrogens (primary N) is 2. The van der Waals surface area contributed by atoms with Crippen molar-refractivity contribution in [3.8, 4) is 23.0 Å². The molecule has 4 bridgehead atoms. The van der Waals surface area contributed by atoms with Gasteiger partial charge in [0.05, 0.1) is 57.7 Å². The van der Waals surface area contributed by atoms with Gasteiger partial charge < -0.3 is 38.9 Å². The topological polar surface area (TPSA) is 149 Å².